The molecular formula is C14H16F2N2O2. The fraction of sp³-hybridized carbons (Fsp3) is 0.429. The number of piperidine rings is 1. The van der Waals surface area contributed by atoms with Gasteiger partial charge in [0, 0.05) is 12.6 Å². The summed E-state index contributed by atoms with van der Waals surface area (Å²) in [4.78, 5) is 24.9. The van der Waals surface area contributed by atoms with Crippen LogP contribution in [-0.4, -0.2) is 36.2 Å². The van der Waals surface area contributed by atoms with Crippen molar-refractivity contribution in [2.45, 2.75) is 12.8 Å². The minimum atomic E-state index is -0.863. The topological polar surface area (TPSA) is 63.4 Å². The zero-order valence-electron chi connectivity index (χ0n) is 10.9. The van der Waals surface area contributed by atoms with Crippen molar-refractivity contribution < 1.29 is 18.4 Å². The quantitative estimate of drug-likeness (QED) is 0.848. The SMILES string of the molecule is NC(=O)C1CCCN(CC(=O)c2ccc(F)cc2F)C1. The second-order valence-corrected chi connectivity index (χ2v) is 5.02. The lowest BCUT2D eigenvalue weighted by Gasteiger charge is -2.30. The number of likely N-dealkylation sites (tertiary alicyclic amines) is 1. The number of primary amides is 1. The highest BCUT2D eigenvalue weighted by atomic mass is 19.1. The van der Waals surface area contributed by atoms with Crippen molar-refractivity contribution in [3.8, 4) is 0 Å². The summed E-state index contributed by atoms with van der Waals surface area (Å²) in [7, 11) is 0. The molecule has 0 bridgehead atoms. The van der Waals surface area contributed by atoms with Gasteiger partial charge in [0.15, 0.2) is 5.78 Å². The van der Waals surface area contributed by atoms with Crippen molar-refractivity contribution in [1.29, 1.82) is 0 Å². The summed E-state index contributed by atoms with van der Waals surface area (Å²) in [6.45, 7) is 1.08. The van der Waals surface area contributed by atoms with Crippen LogP contribution in [0.25, 0.3) is 0 Å². The predicted molar refractivity (Wildman–Crippen MR) is 69.0 cm³/mol. The molecule has 108 valence electrons. The molecule has 1 atom stereocenters. The molecule has 2 N–H and O–H groups in total. The first kappa shape index (κ1) is 14.6. The zero-order valence-corrected chi connectivity index (χ0v) is 10.9. The van der Waals surface area contributed by atoms with Crippen LogP contribution in [-0.2, 0) is 4.79 Å². The number of carbonyl (C=O) groups is 2. The molecule has 1 aliphatic rings. The molecule has 0 spiro atoms. The largest absolute Gasteiger partial charge is 0.369 e. The number of carbonyl (C=O) groups excluding carboxylic acids is 2. The molecule has 1 heterocycles. The third-order valence-electron chi connectivity index (χ3n) is 3.51. The summed E-state index contributed by atoms with van der Waals surface area (Å²) in [6.07, 6.45) is 1.48. The number of amides is 1. The highest BCUT2D eigenvalue weighted by Gasteiger charge is 2.26. The number of benzene rings is 1. The first-order chi connectivity index (χ1) is 9.47. The second kappa shape index (κ2) is 6.09. The Hall–Kier alpha value is -1.82. The van der Waals surface area contributed by atoms with Gasteiger partial charge in [-0.1, -0.05) is 0 Å². The average molecular weight is 282 g/mol. The fourth-order valence-electron chi connectivity index (χ4n) is 2.44. The zero-order chi connectivity index (χ0) is 14.7. The lowest BCUT2D eigenvalue weighted by Crippen LogP contribution is -2.43. The van der Waals surface area contributed by atoms with Gasteiger partial charge in [-0.25, -0.2) is 8.78 Å². The molecule has 1 aliphatic heterocycles. The third-order valence-corrected chi connectivity index (χ3v) is 3.51. The summed E-state index contributed by atoms with van der Waals surface area (Å²) >= 11 is 0. The smallest absolute Gasteiger partial charge is 0.221 e. The molecule has 0 aromatic heterocycles. The number of nitrogens with zero attached hydrogens (tertiary/aromatic N) is 1. The molecule has 20 heavy (non-hydrogen) atoms. The van der Waals surface area contributed by atoms with Gasteiger partial charge in [-0.15, -0.1) is 0 Å². The Bertz CT molecular complexity index is 534. The maximum absolute atomic E-state index is 13.5. The van der Waals surface area contributed by atoms with Gasteiger partial charge in [0.25, 0.3) is 0 Å². The molecule has 4 nitrogen and oxygen atoms in total. The number of Topliss-reactive ketones (excluding diaryl/α,β-unsaturated/α-hetero) is 1. The molecule has 1 aromatic rings. The van der Waals surface area contributed by atoms with Crippen molar-refractivity contribution >= 4 is 11.7 Å². The van der Waals surface area contributed by atoms with E-state index in [4.69, 9.17) is 5.73 Å². The minimum absolute atomic E-state index is 0.00628. The Morgan fingerprint density at radius 1 is 1.35 bits per heavy atom. The van der Waals surface area contributed by atoms with Crippen LogP contribution in [0.3, 0.4) is 0 Å². The monoisotopic (exact) mass is 282 g/mol. The van der Waals surface area contributed by atoms with Crippen molar-refractivity contribution in [3.05, 3.63) is 35.4 Å². The normalized spacial score (nSPS) is 19.8. The van der Waals surface area contributed by atoms with E-state index >= 15 is 0 Å². The molecular weight excluding hydrogens is 266 g/mol. The van der Waals surface area contributed by atoms with Crippen molar-refractivity contribution in [2.75, 3.05) is 19.6 Å². The standard InChI is InChI=1S/C14H16F2N2O2/c15-10-3-4-11(12(16)6-10)13(19)8-18-5-1-2-9(7-18)14(17)20/h3-4,6,9H,1-2,5,7-8H2,(H2,17,20). The first-order valence-corrected chi connectivity index (χ1v) is 6.47. The van der Waals surface area contributed by atoms with Crippen LogP contribution < -0.4 is 5.73 Å². The summed E-state index contributed by atoms with van der Waals surface area (Å²) < 4.78 is 26.3. The highest BCUT2D eigenvalue weighted by Crippen LogP contribution is 2.17. The van der Waals surface area contributed by atoms with Gasteiger partial charge in [-0.3, -0.25) is 14.5 Å². The summed E-state index contributed by atoms with van der Waals surface area (Å²) in [5.41, 5.74) is 5.13. The molecule has 0 saturated carbocycles. The number of hydrogen-bond acceptors (Lipinski definition) is 3. The third kappa shape index (κ3) is 3.39. The Kier molecular flexibility index (Phi) is 4.44. The van der Waals surface area contributed by atoms with E-state index in [-0.39, 0.29) is 23.9 Å². The first-order valence-electron chi connectivity index (χ1n) is 6.47. The van der Waals surface area contributed by atoms with Crippen LogP contribution >= 0.6 is 0 Å². The maximum Gasteiger partial charge on any atom is 0.221 e. The average Bonchev–Trinajstić information content (AvgIpc) is 2.38. The van der Waals surface area contributed by atoms with Crippen LogP contribution in [0.15, 0.2) is 18.2 Å². The molecule has 1 saturated heterocycles. The predicted octanol–water partition coefficient (Wildman–Crippen LogP) is 1.34. The van der Waals surface area contributed by atoms with Gasteiger partial charge >= 0.3 is 0 Å². The molecule has 6 heteroatoms. The van der Waals surface area contributed by atoms with Gasteiger partial charge in [0.05, 0.1) is 18.0 Å². The molecule has 0 radical (unpaired) electrons. The van der Waals surface area contributed by atoms with Gasteiger partial charge in [-0.05, 0) is 31.5 Å². The van der Waals surface area contributed by atoms with Crippen molar-refractivity contribution in [1.82, 2.24) is 4.90 Å². The van der Waals surface area contributed by atoms with E-state index in [9.17, 15) is 18.4 Å². The molecule has 1 unspecified atom stereocenters. The Labute approximate surface area is 115 Å². The molecule has 1 fully saturated rings. The van der Waals surface area contributed by atoms with E-state index in [2.05, 4.69) is 0 Å². The maximum atomic E-state index is 13.5. The number of ketones is 1. The Morgan fingerprint density at radius 3 is 2.75 bits per heavy atom. The molecule has 1 aromatic carbocycles. The van der Waals surface area contributed by atoms with E-state index in [1.54, 1.807) is 4.90 Å². The van der Waals surface area contributed by atoms with Crippen LogP contribution in [0, 0.1) is 17.6 Å². The van der Waals surface area contributed by atoms with E-state index < -0.39 is 17.4 Å². The number of halogens is 2. The number of hydrogen-bond donors (Lipinski definition) is 1. The van der Waals surface area contributed by atoms with Gasteiger partial charge in [0.1, 0.15) is 11.6 Å². The van der Waals surface area contributed by atoms with E-state index in [1.165, 1.54) is 0 Å². The van der Waals surface area contributed by atoms with Gasteiger partial charge in [-0.2, -0.15) is 0 Å². The van der Waals surface area contributed by atoms with E-state index in [1.807, 2.05) is 0 Å². The fourth-order valence-corrected chi connectivity index (χ4v) is 2.44. The molecule has 2 rings (SSSR count). The minimum Gasteiger partial charge on any atom is -0.369 e. The Balaban J connectivity index is 2.02. The number of nitrogens with two attached hydrogens (primary N) is 1. The Morgan fingerprint density at radius 2 is 2.10 bits per heavy atom. The van der Waals surface area contributed by atoms with Crippen molar-refractivity contribution in [2.24, 2.45) is 11.7 Å². The lowest BCUT2D eigenvalue weighted by atomic mass is 9.97. The van der Waals surface area contributed by atoms with Crippen LogP contribution in [0.5, 0.6) is 0 Å². The van der Waals surface area contributed by atoms with Gasteiger partial charge < -0.3 is 5.73 Å². The van der Waals surface area contributed by atoms with Crippen molar-refractivity contribution in [3.63, 3.8) is 0 Å². The van der Waals surface area contributed by atoms with E-state index in [0.29, 0.717) is 25.6 Å². The van der Waals surface area contributed by atoms with Crippen LogP contribution in [0.1, 0.15) is 23.2 Å². The summed E-state index contributed by atoms with van der Waals surface area (Å²) in [6, 6.07) is 2.89. The van der Waals surface area contributed by atoms with Gasteiger partial charge in [0.2, 0.25) is 5.91 Å². The molecule has 0 aliphatic carbocycles. The second-order valence-electron chi connectivity index (χ2n) is 5.02. The molecule has 1 amide bonds. The lowest BCUT2D eigenvalue weighted by molar-refractivity contribution is -0.123. The summed E-state index contributed by atoms with van der Waals surface area (Å²) in [5, 5.41) is 0. The van der Waals surface area contributed by atoms with Crippen LogP contribution in [0.4, 0.5) is 8.78 Å². The van der Waals surface area contributed by atoms with E-state index in [0.717, 1.165) is 18.6 Å². The number of rotatable bonds is 4. The van der Waals surface area contributed by atoms with Crippen LogP contribution in [0.2, 0.25) is 0 Å². The highest BCUT2D eigenvalue weighted by molar-refractivity contribution is 5.97. The summed E-state index contributed by atoms with van der Waals surface area (Å²) in [5.74, 6) is -2.65.